The third kappa shape index (κ3) is 3.00. The predicted octanol–water partition coefficient (Wildman–Crippen LogP) is 2.11. The Labute approximate surface area is 90.9 Å². The molecule has 0 aliphatic heterocycles. The summed E-state index contributed by atoms with van der Waals surface area (Å²) in [6, 6.07) is 0. The monoisotopic (exact) mass is 220 g/mol. The van der Waals surface area contributed by atoms with Gasteiger partial charge in [-0.05, 0) is 18.5 Å². The van der Waals surface area contributed by atoms with Crippen molar-refractivity contribution in [1.29, 1.82) is 0 Å². The molecule has 0 aliphatic carbocycles. The van der Waals surface area contributed by atoms with Crippen LogP contribution in [0.4, 0.5) is 0 Å². The Balaban J connectivity index is 4.74. The van der Waals surface area contributed by atoms with E-state index in [1.807, 2.05) is 28.1 Å². The van der Waals surface area contributed by atoms with Crippen molar-refractivity contribution in [2.24, 2.45) is 0 Å². The van der Waals surface area contributed by atoms with E-state index in [0.29, 0.717) is 16.5 Å². The fourth-order valence-corrected chi connectivity index (χ4v) is 0.983. The molecule has 0 aliphatic rings. The molecule has 0 aromatic heterocycles. The molecular weight excluding hydrogens is 202 g/mol. The van der Waals surface area contributed by atoms with Crippen molar-refractivity contribution in [3.05, 3.63) is 12.2 Å². The third-order valence-corrected chi connectivity index (χ3v) is 2.89. The Morgan fingerprint density at radius 1 is 1.50 bits per heavy atom. The number of esters is 1. The number of nitrogens with zero attached hydrogens (tertiary/aromatic N) is 1. The first-order valence-electron chi connectivity index (χ1n) is 4.53. The summed E-state index contributed by atoms with van der Waals surface area (Å²) in [7, 11) is 5.63. The lowest BCUT2D eigenvalue weighted by molar-refractivity contribution is -0.931. The molecule has 3 nitrogen and oxygen atoms in total. The SMILES string of the molecule is C=C(C)C(=O)OC(Cl)(CC)[N+](C)(C)C. The molecule has 0 rings (SSSR count). The van der Waals surface area contributed by atoms with Gasteiger partial charge in [0.2, 0.25) is 0 Å². The maximum absolute atomic E-state index is 11.3. The highest BCUT2D eigenvalue weighted by Gasteiger charge is 2.43. The Hall–Kier alpha value is -0.540. The van der Waals surface area contributed by atoms with Gasteiger partial charge in [-0.1, -0.05) is 13.5 Å². The molecule has 4 heteroatoms. The Morgan fingerprint density at radius 3 is 2.14 bits per heavy atom. The lowest BCUT2D eigenvalue weighted by Crippen LogP contribution is -2.55. The van der Waals surface area contributed by atoms with Gasteiger partial charge < -0.3 is 4.74 Å². The summed E-state index contributed by atoms with van der Waals surface area (Å²) in [6.07, 6.45) is 0.539. The summed E-state index contributed by atoms with van der Waals surface area (Å²) in [6.45, 7) is 6.99. The molecule has 82 valence electrons. The molecular formula is C10H19ClNO2+. The van der Waals surface area contributed by atoms with Crippen LogP contribution in [0, 0.1) is 0 Å². The summed E-state index contributed by atoms with van der Waals surface area (Å²) >= 11 is 6.23. The fourth-order valence-electron chi connectivity index (χ4n) is 0.913. The van der Waals surface area contributed by atoms with Gasteiger partial charge in [0.25, 0.3) is 0 Å². The van der Waals surface area contributed by atoms with Crippen LogP contribution >= 0.6 is 11.6 Å². The first-order valence-corrected chi connectivity index (χ1v) is 4.91. The van der Waals surface area contributed by atoms with Crippen LogP contribution < -0.4 is 0 Å². The van der Waals surface area contributed by atoms with Crippen LogP contribution in [-0.2, 0) is 9.53 Å². The number of carbonyl (C=O) groups excluding carboxylic acids is 1. The van der Waals surface area contributed by atoms with E-state index in [1.165, 1.54) is 0 Å². The zero-order valence-corrected chi connectivity index (χ0v) is 10.3. The normalized spacial score (nSPS) is 15.9. The second-order valence-electron chi connectivity index (χ2n) is 4.22. The summed E-state index contributed by atoms with van der Waals surface area (Å²) in [5, 5.41) is -1.02. The highest BCUT2D eigenvalue weighted by Crippen LogP contribution is 2.29. The number of hydrogen-bond acceptors (Lipinski definition) is 2. The number of alkyl halides is 1. The van der Waals surface area contributed by atoms with Gasteiger partial charge in [-0.3, -0.25) is 4.48 Å². The van der Waals surface area contributed by atoms with Gasteiger partial charge in [0, 0.05) is 5.57 Å². The lowest BCUT2D eigenvalue weighted by atomic mass is 10.3. The molecule has 0 N–H and O–H groups in total. The molecule has 0 aromatic carbocycles. The average molecular weight is 221 g/mol. The maximum atomic E-state index is 11.3. The van der Waals surface area contributed by atoms with Crippen molar-refractivity contribution >= 4 is 17.6 Å². The van der Waals surface area contributed by atoms with Crippen LogP contribution in [0.15, 0.2) is 12.2 Å². The van der Waals surface area contributed by atoms with Crippen LogP contribution in [0.5, 0.6) is 0 Å². The van der Waals surface area contributed by atoms with Gasteiger partial charge in [-0.2, -0.15) is 0 Å². The van der Waals surface area contributed by atoms with E-state index < -0.39 is 11.2 Å². The van der Waals surface area contributed by atoms with Gasteiger partial charge >= 0.3 is 11.2 Å². The zero-order chi connectivity index (χ0) is 11.6. The number of rotatable bonds is 4. The van der Waals surface area contributed by atoms with Crippen molar-refractivity contribution in [1.82, 2.24) is 0 Å². The summed E-state index contributed by atoms with van der Waals surface area (Å²) in [4.78, 5) is 11.3. The average Bonchev–Trinajstić information content (AvgIpc) is 2.01. The van der Waals surface area contributed by atoms with Crippen LogP contribution in [0.3, 0.4) is 0 Å². The molecule has 0 heterocycles. The zero-order valence-electron chi connectivity index (χ0n) is 9.56. The van der Waals surface area contributed by atoms with Gasteiger partial charge in [0.1, 0.15) is 0 Å². The molecule has 1 atom stereocenters. The van der Waals surface area contributed by atoms with Crippen LogP contribution in [0.25, 0.3) is 0 Å². The van der Waals surface area contributed by atoms with E-state index in [4.69, 9.17) is 16.3 Å². The largest absolute Gasteiger partial charge is 0.392 e. The van der Waals surface area contributed by atoms with Crippen molar-refractivity contribution in [2.75, 3.05) is 21.1 Å². The highest BCUT2D eigenvalue weighted by molar-refractivity contribution is 6.22. The Morgan fingerprint density at radius 2 is 1.93 bits per heavy atom. The molecule has 0 aromatic rings. The van der Waals surface area contributed by atoms with Crippen molar-refractivity contribution in [2.45, 2.75) is 25.5 Å². The summed E-state index contributed by atoms with van der Waals surface area (Å²) < 4.78 is 5.56. The van der Waals surface area contributed by atoms with Crippen molar-refractivity contribution < 1.29 is 14.0 Å². The Bertz CT molecular complexity index is 245. The summed E-state index contributed by atoms with van der Waals surface area (Å²) in [5.41, 5.74) is 0.358. The molecule has 0 saturated heterocycles. The lowest BCUT2D eigenvalue weighted by Gasteiger charge is -2.39. The van der Waals surface area contributed by atoms with Gasteiger partial charge in [-0.25, -0.2) is 4.79 Å². The van der Waals surface area contributed by atoms with Crippen molar-refractivity contribution in [3.8, 4) is 0 Å². The number of hydrogen-bond donors (Lipinski definition) is 0. The van der Waals surface area contributed by atoms with E-state index >= 15 is 0 Å². The first kappa shape index (κ1) is 13.5. The highest BCUT2D eigenvalue weighted by atomic mass is 35.5. The first-order chi connectivity index (χ1) is 6.14. The third-order valence-electron chi connectivity index (χ3n) is 2.04. The van der Waals surface area contributed by atoms with E-state index in [-0.39, 0.29) is 0 Å². The van der Waals surface area contributed by atoms with Gasteiger partial charge in [0.05, 0.1) is 27.6 Å². The smallest absolute Gasteiger partial charge is 0.338 e. The molecule has 0 fully saturated rings. The number of quaternary nitrogens is 1. The minimum atomic E-state index is -1.02. The van der Waals surface area contributed by atoms with E-state index in [9.17, 15) is 4.79 Å². The molecule has 1 unspecified atom stereocenters. The standard InChI is InChI=1S/C10H19ClNO2/c1-7-10(11,12(4,5)6)14-9(13)8(2)3/h2,7H2,1,3-6H3/q+1. The van der Waals surface area contributed by atoms with Crippen LogP contribution in [0.2, 0.25) is 0 Å². The molecule has 0 bridgehead atoms. The second-order valence-corrected chi connectivity index (χ2v) is 4.82. The quantitative estimate of drug-likeness (QED) is 0.181. The van der Waals surface area contributed by atoms with Gasteiger partial charge in [-0.15, -0.1) is 0 Å². The predicted molar refractivity (Wildman–Crippen MR) is 57.8 cm³/mol. The number of carbonyl (C=O) groups is 1. The van der Waals surface area contributed by atoms with Crippen LogP contribution in [0.1, 0.15) is 20.3 Å². The minimum absolute atomic E-state index is 0.351. The molecule has 14 heavy (non-hydrogen) atoms. The van der Waals surface area contributed by atoms with E-state index in [0.717, 1.165) is 0 Å². The topological polar surface area (TPSA) is 26.3 Å². The van der Waals surface area contributed by atoms with Gasteiger partial charge in [0.15, 0.2) is 0 Å². The van der Waals surface area contributed by atoms with Crippen LogP contribution in [-0.4, -0.2) is 36.8 Å². The maximum Gasteiger partial charge on any atom is 0.338 e. The summed E-state index contributed by atoms with van der Waals surface area (Å²) in [5.74, 6) is -0.449. The Kier molecular flexibility index (Phi) is 4.15. The number of halogens is 1. The molecule has 0 spiro atoms. The second kappa shape index (κ2) is 4.32. The van der Waals surface area contributed by atoms with E-state index in [2.05, 4.69) is 6.58 Å². The molecule has 0 radical (unpaired) electrons. The molecule has 0 amide bonds. The molecule has 0 saturated carbocycles. The fraction of sp³-hybridized carbons (Fsp3) is 0.700. The minimum Gasteiger partial charge on any atom is -0.392 e. The van der Waals surface area contributed by atoms with Crippen molar-refractivity contribution in [3.63, 3.8) is 0 Å². The van der Waals surface area contributed by atoms with E-state index in [1.54, 1.807) is 6.92 Å². The number of ether oxygens (including phenoxy) is 1.